The van der Waals surface area contributed by atoms with Crippen molar-refractivity contribution >= 4 is 32.7 Å². The maximum atomic E-state index is 13.3. The predicted molar refractivity (Wildman–Crippen MR) is 102 cm³/mol. The maximum absolute atomic E-state index is 13.3. The molecule has 1 aliphatic heterocycles. The number of nitrogens with zero attached hydrogens (tertiary/aromatic N) is 1. The molecule has 1 heterocycles. The lowest BCUT2D eigenvalue weighted by Gasteiger charge is -2.36. The fraction of sp³-hybridized carbons (Fsp3) is 0.316. The van der Waals surface area contributed by atoms with Crippen LogP contribution >= 0.6 is 0 Å². The van der Waals surface area contributed by atoms with Crippen LogP contribution in [0.15, 0.2) is 45.7 Å². The fourth-order valence-electron chi connectivity index (χ4n) is 3.78. The SMILES string of the molecule is COc1ccccc1S(C)(=O)=Nc1cc(N)c2c(c1)C1(CCC1)C(=O)N2. The van der Waals surface area contributed by atoms with Crippen molar-refractivity contribution in [2.24, 2.45) is 4.36 Å². The highest BCUT2D eigenvalue weighted by molar-refractivity contribution is 7.93. The van der Waals surface area contributed by atoms with Gasteiger partial charge in [0.1, 0.15) is 5.75 Å². The van der Waals surface area contributed by atoms with E-state index in [1.54, 1.807) is 37.6 Å². The lowest BCUT2D eigenvalue weighted by atomic mass is 9.65. The van der Waals surface area contributed by atoms with E-state index in [1.165, 1.54) is 0 Å². The summed E-state index contributed by atoms with van der Waals surface area (Å²) in [5.41, 5.74) is 8.18. The number of nitrogens with two attached hydrogens (primary N) is 1. The molecule has 1 unspecified atom stereocenters. The highest BCUT2D eigenvalue weighted by Gasteiger charge is 2.51. The number of ether oxygens (including phenoxy) is 1. The number of hydrogen-bond donors (Lipinski definition) is 2. The molecule has 4 rings (SSSR count). The molecule has 7 heteroatoms. The van der Waals surface area contributed by atoms with E-state index in [-0.39, 0.29) is 5.91 Å². The van der Waals surface area contributed by atoms with E-state index < -0.39 is 15.1 Å². The number of anilines is 2. The molecule has 0 radical (unpaired) electrons. The molecule has 1 atom stereocenters. The van der Waals surface area contributed by atoms with Gasteiger partial charge in [0.25, 0.3) is 0 Å². The Kier molecular flexibility index (Phi) is 3.73. The molecular weight excluding hydrogens is 350 g/mol. The lowest BCUT2D eigenvalue weighted by Crippen LogP contribution is -2.40. The summed E-state index contributed by atoms with van der Waals surface area (Å²) in [5.74, 6) is 0.537. The molecule has 2 aromatic rings. The van der Waals surface area contributed by atoms with Gasteiger partial charge in [-0.05, 0) is 42.7 Å². The summed E-state index contributed by atoms with van der Waals surface area (Å²) >= 11 is 0. The van der Waals surface area contributed by atoms with Gasteiger partial charge in [0.15, 0.2) is 0 Å². The second-order valence-corrected chi connectivity index (χ2v) is 9.12. The summed E-state index contributed by atoms with van der Waals surface area (Å²) in [4.78, 5) is 13.0. The van der Waals surface area contributed by atoms with Crippen LogP contribution in [0, 0.1) is 0 Å². The Morgan fingerprint density at radius 2 is 2.00 bits per heavy atom. The Bertz CT molecular complexity index is 1030. The van der Waals surface area contributed by atoms with Crippen LogP contribution in [0.2, 0.25) is 0 Å². The summed E-state index contributed by atoms with van der Waals surface area (Å²) in [6, 6.07) is 10.6. The first-order valence-electron chi connectivity index (χ1n) is 8.48. The van der Waals surface area contributed by atoms with E-state index in [1.807, 2.05) is 12.1 Å². The quantitative estimate of drug-likeness (QED) is 0.808. The van der Waals surface area contributed by atoms with Crippen molar-refractivity contribution in [3.63, 3.8) is 0 Å². The highest BCUT2D eigenvalue weighted by Crippen LogP contribution is 2.53. The minimum Gasteiger partial charge on any atom is -0.495 e. The maximum Gasteiger partial charge on any atom is 0.235 e. The minimum absolute atomic E-state index is 0.00422. The normalized spacial score (nSPS) is 19.2. The van der Waals surface area contributed by atoms with Crippen molar-refractivity contribution in [3.8, 4) is 5.75 Å². The lowest BCUT2D eigenvalue weighted by molar-refractivity contribution is -0.123. The Morgan fingerprint density at radius 3 is 2.65 bits per heavy atom. The average Bonchev–Trinajstić information content (AvgIpc) is 2.87. The Labute approximate surface area is 152 Å². The van der Waals surface area contributed by atoms with Crippen LogP contribution in [0.1, 0.15) is 24.8 Å². The van der Waals surface area contributed by atoms with Crippen LogP contribution < -0.4 is 15.8 Å². The molecule has 1 spiro atoms. The number of nitrogen functional groups attached to an aromatic ring is 1. The number of fused-ring (bicyclic) bond motifs is 2. The summed E-state index contributed by atoms with van der Waals surface area (Å²) in [6.45, 7) is 0. The molecule has 0 bridgehead atoms. The van der Waals surface area contributed by atoms with Gasteiger partial charge in [-0.25, -0.2) is 4.21 Å². The smallest absolute Gasteiger partial charge is 0.235 e. The Morgan fingerprint density at radius 1 is 1.27 bits per heavy atom. The molecule has 1 amide bonds. The first-order chi connectivity index (χ1) is 12.4. The third-order valence-electron chi connectivity index (χ3n) is 5.31. The molecule has 136 valence electrons. The number of para-hydroxylation sites is 1. The van der Waals surface area contributed by atoms with Crippen molar-refractivity contribution in [1.29, 1.82) is 0 Å². The molecule has 0 saturated heterocycles. The number of hydrogen-bond acceptors (Lipinski definition) is 5. The number of rotatable bonds is 3. The third-order valence-corrected chi connectivity index (χ3v) is 7.02. The number of carbonyl (C=O) groups excluding carboxylic acids is 1. The van der Waals surface area contributed by atoms with Crippen LogP contribution in [0.4, 0.5) is 17.1 Å². The van der Waals surface area contributed by atoms with Gasteiger partial charge >= 0.3 is 0 Å². The summed E-state index contributed by atoms with van der Waals surface area (Å²) in [7, 11) is -1.20. The second kappa shape index (κ2) is 5.74. The first-order valence-corrected chi connectivity index (χ1v) is 10.4. The zero-order chi connectivity index (χ0) is 18.5. The van der Waals surface area contributed by atoms with Crippen LogP contribution in [-0.2, 0) is 19.9 Å². The molecule has 6 nitrogen and oxygen atoms in total. The number of nitrogens with one attached hydrogen (secondary N) is 1. The molecule has 2 aliphatic rings. The van der Waals surface area contributed by atoms with Gasteiger partial charge in [-0.15, -0.1) is 0 Å². The van der Waals surface area contributed by atoms with Gasteiger partial charge in [0.05, 0.1) is 44.2 Å². The van der Waals surface area contributed by atoms with E-state index in [0.29, 0.717) is 27.7 Å². The Hall–Kier alpha value is -2.54. The zero-order valence-electron chi connectivity index (χ0n) is 14.7. The van der Waals surface area contributed by atoms with E-state index in [4.69, 9.17) is 10.5 Å². The second-order valence-electron chi connectivity index (χ2n) is 6.89. The van der Waals surface area contributed by atoms with Crippen LogP contribution in [-0.4, -0.2) is 23.5 Å². The van der Waals surface area contributed by atoms with Gasteiger partial charge in [0, 0.05) is 6.26 Å². The zero-order valence-corrected chi connectivity index (χ0v) is 15.6. The standard InChI is InChI=1S/C19H21N3O3S/c1-25-15-6-3-4-7-16(15)26(2,24)22-12-10-13-17(14(20)11-12)21-18(23)19(13)8-5-9-19/h3-4,6-7,10-11H,5,8-9,20H2,1-2H3,(H,21,23). The van der Waals surface area contributed by atoms with Gasteiger partial charge in [-0.2, -0.15) is 4.36 Å². The van der Waals surface area contributed by atoms with Crippen LogP contribution in [0.3, 0.4) is 0 Å². The molecule has 1 aliphatic carbocycles. The summed E-state index contributed by atoms with van der Waals surface area (Å²) < 4.78 is 23.1. The van der Waals surface area contributed by atoms with Crippen molar-refractivity contribution in [2.45, 2.75) is 29.6 Å². The van der Waals surface area contributed by atoms with Crippen molar-refractivity contribution in [2.75, 3.05) is 24.4 Å². The van der Waals surface area contributed by atoms with E-state index in [9.17, 15) is 9.00 Å². The van der Waals surface area contributed by atoms with Crippen molar-refractivity contribution < 1.29 is 13.7 Å². The molecule has 0 aromatic heterocycles. The minimum atomic E-state index is -2.74. The Balaban J connectivity index is 1.85. The average molecular weight is 371 g/mol. The number of carbonyl (C=O) groups is 1. The molecule has 3 N–H and O–H groups in total. The molecular formula is C19H21N3O3S. The predicted octanol–water partition coefficient (Wildman–Crippen LogP) is 3.44. The summed E-state index contributed by atoms with van der Waals surface area (Å²) in [5, 5.41) is 2.90. The van der Waals surface area contributed by atoms with Gasteiger partial charge in [-0.1, -0.05) is 18.6 Å². The molecule has 2 aromatic carbocycles. The van der Waals surface area contributed by atoms with E-state index >= 15 is 0 Å². The number of methoxy groups -OCH3 is 1. The van der Waals surface area contributed by atoms with Gasteiger partial charge in [-0.3, -0.25) is 4.79 Å². The van der Waals surface area contributed by atoms with Crippen molar-refractivity contribution in [3.05, 3.63) is 42.0 Å². The topological polar surface area (TPSA) is 93.8 Å². The number of amides is 1. The monoisotopic (exact) mass is 371 g/mol. The summed E-state index contributed by atoms with van der Waals surface area (Å²) in [6.07, 6.45) is 4.21. The van der Waals surface area contributed by atoms with Gasteiger partial charge in [0.2, 0.25) is 5.91 Å². The molecule has 1 fully saturated rings. The van der Waals surface area contributed by atoms with E-state index in [0.717, 1.165) is 24.8 Å². The van der Waals surface area contributed by atoms with Crippen molar-refractivity contribution in [1.82, 2.24) is 0 Å². The van der Waals surface area contributed by atoms with Crippen LogP contribution in [0.25, 0.3) is 0 Å². The van der Waals surface area contributed by atoms with Crippen LogP contribution in [0.5, 0.6) is 5.75 Å². The van der Waals surface area contributed by atoms with Gasteiger partial charge < -0.3 is 15.8 Å². The fourth-order valence-corrected chi connectivity index (χ4v) is 5.24. The highest BCUT2D eigenvalue weighted by atomic mass is 32.2. The number of benzene rings is 2. The largest absolute Gasteiger partial charge is 0.495 e. The van der Waals surface area contributed by atoms with E-state index in [2.05, 4.69) is 9.68 Å². The molecule has 1 saturated carbocycles. The third kappa shape index (κ3) is 2.38. The first kappa shape index (κ1) is 16.9. The molecule has 26 heavy (non-hydrogen) atoms.